The highest BCUT2D eigenvalue weighted by atomic mass is 16.3. The first-order valence-electron chi connectivity index (χ1n) is 6.78. The van der Waals surface area contributed by atoms with Gasteiger partial charge in [0, 0.05) is 25.9 Å². The number of nitrogens with zero attached hydrogens (tertiary/aromatic N) is 3. The van der Waals surface area contributed by atoms with Gasteiger partial charge in [-0.15, -0.1) is 0 Å². The van der Waals surface area contributed by atoms with Crippen LogP contribution in [-0.4, -0.2) is 39.5 Å². The minimum absolute atomic E-state index is 0.301. The van der Waals surface area contributed by atoms with Crippen LogP contribution in [0.25, 0.3) is 5.69 Å². The maximum atomic E-state index is 9.16. The van der Waals surface area contributed by atoms with Crippen LogP contribution in [0.1, 0.15) is 12.1 Å². The summed E-state index contributed by atoms with van der Waals surface area (Å²) in [5.74, 6) is 0.441. The van der Waals surface area contributed by atoms with Crippen molar-refractivity contribution >= 4 is 0 Å². The Balaban J connectivity index is 1.66. The highest BCUT2D eigenvalue weighted by Gasteiger charge is 2.22. The van der Waals surface area contributed by atoms with Crippen LogP contribution in [0.2, 0.25) is 0 Å². The molecule has 0 bridgehead atoms. The molecular formula is C15H19N3O. The van der Waals surface area contributed by atoms with E-state index in [0.29, 0.717) is 12.5 Å². The van der Waals surface area contributed by atoms with Crippen molar-refractivity contribution in [2.45, 2.75) is 13.0 Å². The van der Waals surface area contributed by atoms with E-state index in [4.69, 9.17) is 5.11 Å². The van der Waals surface area contributed by atoms with Gasteiger partial charge in [-0.1, -0.05) is 18.2 Å². The van der Waals surface area contributed by atoms with Gasteiger partial charge in [-0.05, 0) is 37.1 Å². The highest BCUT2D eigenvalue weighted by molar-refractivity contribution is 5.30. The number of benzene rings is 1. The fourth-order valence-electron chi connectivity index (χ4n) is 2.61. The largest absolute Gasteiger partial charge is 0.396 e. The smallest absolute Gasteiger partial charge is 0.0769 e. The Morgan fingerprint density at radius 3 is 2.79 bits per heavy atom. The Kier molecular flexibility index (Phi) is 3.62. The zero-order valence-corrected chi connectivity index (χ0v) is 10.9. The van der Waals surface area contributed by atoms with Crippen molar-refractivity contribution in [3.05, 3.63) is 48.3 Å². The van der Waals surface area contributed by atoms with Gasteiger partial charge in [-0.25, -0.2) is 4.68 Å². The predicted molar refractivity (Wildman–Crippen MR) is 74.0 cm³/mol. The van der Waals surface area contributed by atoms with E-state index in [1.807, 2.05) is 29.1 Å². The normalized spacial score (nSPS) is 19.9. The molecule has 4 nitrogen and oxygen atoms in total. The van der Waals surface area contributed by atoms with Crippen molar-refractivity contribution in [1.82, 2.24) is 14.7 Å². The lowest BCUT2D eigenvalue weighted by molar-refractivity contribution is 0.219. The zero-order valence-electron chi connectivity index (χ0n) is 10.9. The Labute approximate surface area is 113 Å². The van der Waals surface area contributed by atoms with Crippen LogP contribution in [0, 0.1) is 5.92 Å². The molecule has 1 aliphatic heterocycles. The minimum atomic E-state index is 0.301. The molecule has 0 saturated carbocycles. The molecule has 1 atom stereocenters. The minimum Gasteiger partial charge on any atom is -0.396 e. The van der Waals surface area contributed by atoms with E-state index in [0.717, 1.165) is 37.4 Å². The second kappa shape index (κ2) is 5.55. The number of para-hydroxylation sites is 1. The van der Waals surface area contributed by atoms with Gasteiger partial charge in [0.05, 0.1) is 11.4 Å². The summed E-state index contributed by atoms with van der Waals surface area (Å²) >= 11 is 0. The highest BCUT2D eigenvalue weighted by Crippen LogP contribution is 2.17. The molecule has 0 aliphatic carbocycles. The molecule has 1 unspecified atom stereocenters. The van der Waals surface area contributed by atoms with Crippen LogP contribution in [0.5, 0.6) is 0 Å². The fraction of sp³-hybridized carbons (Fsp3) is 0.400. The lowest BCUT2D eigenvalue weighted by Crippen LogP contribution is -2.21. The van der Waals surface area contributed by atoms with Crippen LogP contribution >= 0.6 is 0 Å². The average molecular weight is 257 g/mol. The molecule has 0 radical (unpaired) electrons. The third-order valence-corrected chi connectivity index (χ3v) is 3.68. The van der Waals surface area contributed by atoms with Gasteiger partial charge >= 0.3 is 0 Å². The molecule has 3 rings (SSSR count). The molecule has 1 saturated heterocycles. The maximum absolute atomic E-state index is 9.16. The molecule has 0 amide bonds. The lowest BCUT2D eigenvalue weighted by atomic mass is 10.1. The topological polar surface area (TPSA) is 41.3 Å². The second-order valence-corrected chi connectivity index (χ2v) is 5.16. The van der Waals surface area contributed by atoms with E-state index >= 15 is 0 Å². The van der Waals surface area contributed by atoms with E-state index in [1.165, 1.54) is 0 Å². The van der Waals surface area contributed by atoms with E-state index in [-0.39, 0.29) is 0 Å². The molecule has 4 heteroatoms. The van der Waals surface area contributed by atoms with E-state index in [2.05, 4.69) is 28.2 Å². The molecule has 0 spiro atoms. The summed E-state index contributed by atoms with van der Waals surface area (Å²) in [6, 6.07) is 12.2. The third kappa shape index (κ3) is 2.85. The van der Waals surface area contributed by atoms with Crippen molar-refractivity contribution in [1.29, 1.82) is 0 Å². The molecule has 1 aromatic heterocycles. The zero-order chi connectivity index (χ0) is 13.1. The van der Waals surface area contributed by atoms with E-state index < -0.39 is 0 Å². The summed E-state index contributed by atoms with van der Waals surface area (Å²) in [5, 5.41) is 13.8. The SMILES string of the molecule is OCC1CCN(Cc2ccn(-c3ccccc3)n2)C1. The average Bonchev–Trinajstić information content (AvgIpc) is 3.09. The van der Waals surface area contributed by atoms with Gasteiger partial charge in [0.15, 0.2) is 0 Å². The predicted octanol–water partition coefficient (Wildman–Crippen LogP) is 1.69. The van der Waals surface area contributed by atoms with Crippen molar-refractivity contribution in [2.75, 3.05) is 19.7 Å². The summed E-state index contributed by atoms with van der Waals surface area (Å²) in [6.07, 6.45) is 3.10. The molecule has 2 aromatic rings. The monoisotopic (exact) mass is 257 g/mol. The van der Waals surface area contributed by atoms with Gasteiger partial charge in [0.1, 0.15) is 0 Å². The summed E-state index contributed by atoms with van der Waals surface area (Å²) in [6.45, 7) is 3.21. The number of aliphatic hydroxyl groups is 1. The molecule has 1 aromatic carbocycles. The number of hydrogen-bond donors (Lipinski definition) is 1. The number of aromatic nitrogens is 2. The molecule has 2 heterocycles. The summed E-state index contributed by atoms with van der Waals surface area (Å²) in [7, 11) is 0. The third-order valence-electron chi connectivity index (χ3n) is 3.68. The fourth-order valence-corrected chi connectivity index (χ4v) is 2.61. The first-order chi connectivity index (χ1) is 9.35. The van der Waals surface area contributed by atoms with Gasteiger partial charge in [-0.3, -0.25) is 4.90 Å². The van der Waals surface area contributed by atoms with Crippen LogP contribution in [0.15, 0.2) is 42.6 Å². The van der Waals surface area contributed by atoms with Crippen molar-refractivity contribution in [2.24, 2.45) is 5.92 Å². The quantitative estimate of drug-likeness (QED) is 0.906. The van der Waals surface area contributed by atoms with Crippen LogP contribution in [0.3, 0.4) is 0 Å². The Bertz CT molecular complexity index is 523. The number of aliphatic hydroxyl groups excluding tert-OH is 1. The number of rotatable bonds is 4. The Hall–Kier alpha value is -1.65. The Morgan fingerprint density at radius 2 is 2.05 bits per heavy atom. The molecule has 1 N–H and O–H groups in total. The lowest BCUT2D eigenvalue weighted by Gasteiger charge is -2.13. The maximum Gasteiger partial charge on any atom is 0.0769 e. The van der Waals surface area contributed by atoms with Crippen LogP contribution < -0.4 is 0 Å². The summed E-state index contributed by atoms with van der Waals surface area (Å²) < 4.78 is 1.91. The van der Waals surface area contributed by atoms with Crippen molar-refractivity contribution < 1.29 is 5.11 Å². The van der Waals surface area contributed by atoms with Crippen LogP contribution in [-0.2, 0) is 6.54 Å². The van der Waals surface area contributed by atoms with Gasteiger partial charge < -0.3 is 5.11 Å². The van der Waals surface area contributed by atoms with Gasteiger partial charge in [0.25, 0.3) is 0 Å². The molecular weight excluding hydrogens is 238 g/mol. The second-order valence-electron chi connectivity index (χ2n) is 5.16. The number of hydrogen-bond acceptors (Lipinski definition) is 3. The van der Waals surface area contributed by atoms with Gasteiger partial charge in [0.2, 0.25) is 0 Å². The van der Waals surface area contributed by atoms with Crippen molar-refractivity contribution in [3.63, 3.8) is 0 Å². The first kappa shape index (κ1) is 12.4. The first-order valence-corrected chi connectivity index (χ1v) is 6.78. The summed E-state index contributed by atoms with van der Waals surface area (Å²) in [5.41, 5.74) is 2.17. The number of likely N-dealkylation sites (tertiary alicyclic amines) is 1. The standard InChI is InChI=1S/C15H19N3O/c19-12-13-6-8-17(10-13)11-14-7-9-18(16-14)15-4-2-1-3-5-15/h1-5,7,9,13,19H,6,8,10-12H2. The van der Waals surface area contributed by atoms with Gasteiger partial charge in [-0.2, -0.15) is 5.10 Å². The summed E-state index contributed by atoms with van der Waals surface area (Å²) in [4.78, 5) is 2.36. The van der Waals surface area contributed by atoms with Crippen molar-refractivity contribution in [3.8, 4) is 5.69 Å². The van der Waals surface area contributed by atoms with E-state index in [9.17, 15) is 0 Å². The molecule has 1 fully saturated rings. The van der Waals surface area contributed by atoms with E-state index in [1.54, 1.807) is 0 Å². The Morgan fingerprint density at radius 1 is 1.21 bits per heavy atom. The molecule has 19 heavy (non-hydrogen) atoms. The molecule has 100 valence electrons. The molecule has 1 aliphatic rings. The van der Waals surface area contributed by atoms with Crippen LogP contribution in [0.4, 0.5) is 0 Å².